The molecule has 0 saturated carbocycles. The van der Waals surface area contributed by atoms with E-state index >= 15 is 0 Å². The summed E-state index contributed by atoms with van der Waals surface area (Å²) in [6.45, 7) is 7.65. The fourth-order valence-corrected chi connectivity index (χ4v) is 2.91. The van der Waals surface area contributed by atoms with Crippen LogP contribution in [0.5, 0.6) is 0 Å². The molecule has 3 heteroatoms. The van der Waals surface area contributed by atoms with Crippen LogP contribution in [0.1, 0.15) is 30.9 Å². The first-order chi connectivity index (χ1) is 7.99. The van der Waals surface area contributed by atoms with Crippen LogP contribution in [0.4, 0.5) is 5.69 Å². The highest BCUT2D eigenvalue weighted by atomic mass is 79.9. The number of halogens is 1. The maximum absolute atomic E-state index is 6.02. The van der Waals surface area contributed by atoms with Gasteiger partial charge in [0, 0.05) is 28.8 Å². The van der Waals surface area contributed by atoms with Crippen LogP contribution in [-0.2, 0) is 0 Å². The Bertz CT molecular complexity index is 394. The summed E-state index contributed by atoms with van der Waals surface area (Å²) in [5.74, 6) is 0. The quantitative estimate of drug-likeness (QED) is 0.861. The summed E-state index contributed by atoms with van der Waals surface area (Å²) in [6.07, 6.45) is 2.19. The zero-order chi connectivity index (χ0) is 12.6. The molecule has 2 rings (SSSR count). The van der Waals surface area contributed by atoms with E-state index in [0.717, 1.165) is 19.4 Å². The lowest BCUT2D eigenvalue weighted by molar-refractivity contribution is 0.429. The monoisotopic (exact) mass is 296 g/mol. The van der Waals surface area contributed by atoms with Crippen molar-refractivity contribution >= 4 is 21.6 Å². The number of benzene rings is 1. The lowest BCUT2D eigenvalue weighted by atomic mass is 9.97. The molecule has 2 nitrogen and oxygen atoms in total. The van der Waals surface area contributed by atoms with E-state index in [9.17, 15) is 0 Å². The molecule has 0 amide bonds. The van der Waals surface area contributed by atoms with Crippen molar-refractivity contribution in [1.82, 2.24) is 0 Å². The van der Waals surface area contributed by atoms with Crippen LogP contribution < -0.4 is 10.6 Å². The van der Waals surface area contributed by atoms with E-state index in [2.05, 4.69) is 53.7 Å². The zero-order valence-electron chi connectivity index (χ0n) is 10.8. The summed E-state index contributed by atoms with van der Waals surface area (Å²) in [5.41, 5.74) is 9.97. The summed E-state index contributed by atoms with van der Waals surface area (Å²) in [6, 6.07) is 5.45. The van der Waals surface area contributed by atoms with E-state index in [-0.39, 0.29) is 0 Å². The van der Waals surface area contributed by atoms with Crippen LogP contribution in [0.25, 0.3) is 0 Å². The Hall–Kier alpha value is -0.540. The number of hydrogen-bond acceptors (Lipinski definition) is 2. The van der Waals surface area contributed by atoms with Crippen molar-refractivity contribution < 1.29 is 0 Å². The van der Waals surface area contributed by atoms with Gasteiger partial charge in [0.15, 0.2) is 0 Å². The number of aryl methyl sites for hydroxylation is 2. The molecule has 1 saturated heterocycles. The SMILES string of the molecule is Cc1cc(N2CCC(N)CC2C)cc(C)c1Br. The first-order valence-electron chi connectivity index (χ1n) is 6.28. The second-order valence-corrected chi connectivity index (χ2v) is 6.01. The first kappa shape index (κ1) is 12.9. The predicted octanol–water partition coefficient (Wildman–Crippen LogP) is 3.38. The lowest BCUT2D eigenvalue weighted by Gasteiger charge is -2.38. The van der Waals surface area contributed by atoms with E-state index in [0.29, 0.717) is 12.1 Å². The molecule has 0 bridgehead atoms. The van der Waals surface area contributed by atoms with Gasteiger partial charge in [0.1, 0.15) is 0 Å². The number of nitrogens with zero attached hydrogens (tertiary/aromatic N) is 1. The number of piperidine rings is 1. The average Bonchev–Trinajstić information content (AvgIpc) is 2.25. The Labute approximate surface area is 112 Å². The van der Waals surface area contributed by atoms with Crippen molar-refractivity contribution in [2.75, 3.05) is 11.4 Å². The Morgan fingerprint density at radius 3 is 2.41 bits per heavy atom. The van der Waals surface area contributed by atoms with Gasteiger partial charge in [0.25, 0.3) is 0 Å². The third kappa shape index (κ3) is 2.66. The molecule has 2 N–H and O–H groups in total. The van der Waals surface area contributed by atoms with E-state index in [4.69, 9.17) is 5.73 Å². The summed E-state index contributed by atoms with van der Waals surface area (Å²) in [5, 5.41) is 0. The molecular weight excluding hydrogens is 276 g/mol. The fourth-order valence-electron chi connectivity index (χ4n) is 2.68. The Balaban J connectivity index is 2.28. The third-order valence-electron chi connectivity index (χ3n) is 3.67. The molecule has 0 aromatic heterocycles. The van der Waals surface area contributed by atoms with Gasteiger partial charge in [0.2, 0.25) is 0 Å². The van der Waals surface area contributed by atoms with Crippen molar-refractivity contribution in [1.29, 1.82) is 0 Å². The summed E-state index contributed by atoms with van der Waals surface area (Å²) in [7, 11) is 0. The highest BCUT2D eigenvalue weighted by molar-refractivity contribution is 9.10. The Morgan fingerprint density at radius 1 is 1.29 bits per heavy atom. The molecule has 94 valence electrons. The maximum atomic E-state index is 6.02. The molecule has 1 aromatic carbocycles. The Kier molecular flexibility index (Phi) is 3.79. The molecule has 0 aliphatic carbocycles. The fraction of sp³-hybridized carbons (Fsp3) is 0.571. The van der Waals surface area contributed by atoms with Crippen LogP contribution in [0, 0.1) is 13.8 Å². The second kappa shape index (κ2) is 4.99. The number of anilines is 1. The average molecular weight is 297 g/mol. The summed E-state index contributed by atoms with van der Waals surface area (Å²) in [4.78, 5) is 2.48. The predicted molar refractivity (Wildman–Crippen MR) is 77.6 cm³/mol. The molecule has 17 heavy (non-hydrogen) atoms. The third-order valence-corrected chi connectivity index (χ3v) is 4.92. The molecule has 0 spiro atoms. The van der Waals surface area contributed by atoms with Gasteiger partial charge in [-0.3, -0.25) is 0 Å². The van der Waals surface area contributed by atoms with Crippen molar-refractivity contribution in [3.63, 3.8) is 0 Å². The van der Waals surface area contributed by atoms with Gasteiger partial charge < -0.3 is 10.6 Å². The summed E-state index contributed by atoms with van der Waals surface area (Å²) >= 11 is 3.62. The number of hydrogen-bond donors (Lipinski definition) is 1. The second-order valence-electron chi connectivity index (χ2n) is 5.22. The maximum Gasteiger partial charge on any atom is 0.0374 e. The van der Waals surface area contributed by atoms with Gasteiger partial charge in [-0.15, -0.1) is 0 Å². The molecular formula is C14H21BrN2. The van der Waals surface area contributed by atoms with Crippen LogP contribution >= 0.6 is 15.9 Å². The molecule has 1 heterocycles. The van der Waals surface area contributed by atoms with Gasteiger partial charge >= 0.3 is 0 Å². The van der Waals surface area contributed by atoms with Crippen LogP contribution in [-0.4, -0.2) is 18.6 Å². The highest BCUT2D eigenvalue weighted by Crippen LogP contribution is 2.30. The van der Waals surface area contributed by atoms with E-state index in [1.165, 1.54) is 21.3 Å². The topological polar surface area (TPSA) is 29.3 Å². The molecule has 0 radical (unpaired) electrons. The molecule has 1 fully saturated rings. The normalized spacial score (nSPS) is 25.1. The van der Waals surface area contributed by atoms with E-state index < -0.39 is 0 Å². The lowest BCUT2D eigenvalue weighted by Crippen LogP contribution is -2.45. The zero-order valence-corrected chi connectivity index (χ0v) is 12.4. The number of nitrogens with two attached hydrogens (primary N) is 1. The minimum atomic E-state index is 0.374. The van der Waals surface area contributed by atoms with Gasteiger partial charge in [0.05, 0.1) is 0 Å². The smallest absolute Gasteiger partial charge is 0.0374 e. The van der Waals surface area contributed by atoms with Gasteiger partial charge in [-0.1, -0.05) is 15.9 Å². The highest BCUT2D eigenvalue weighted by Gasteiger charge is 2.23. The molecule has 2 unspecified atom stereocenters. The van der Waals surface area contributed by atoms with Crippen molar-refractivity contribution in [3.8, 4) is 0 Å². The van der Waals surface area contributed by atoms with Crippen LogP contribution in [0.3, 0.4) is 0 Å². The van der Waals surface area contributed by atoms with Crippen molar-refractivity contribution in [2.24, 2.45) is 5.73 Å². The van der Waals surface area contributed by atoms with Crippen molar-refractivity contribution in [3.05, 3.63) is 27.7 Å². The molecule has 2 atom stereocenters. The van der Waals surface area contributed by atoms with Gasteiger partial charge in [-0.2, -0.15) is 0 Å². The standard InChI is InChI=1S/C14H21BrN2/c1-9-6-13(7-10(2)14(9)15)17-5-4-12(16)8-11(17)3/h6-7,11-12H,4-5,8,16H2,1-3H3. The van der Waals surface area contributed by atoms with Gasteiger partial charge in [-0.05, 0) is 56.9 Å². The minimum Gasteiger partial charge on any atom is -0.369 e. The van der Waals surface area contributed by atoms with Crippen molar-refractivity contribution in [2.45, 2.75) is 45.7 Å². The van der Waals surface area contributed by atoms with Crippen LogP contribution in [0.2, 0.25) is 0 Å². The van der Waals surface area contributed by atoms with Crippen LogP contribution in [0.15, 0.2) is 16.6 Å². The first-order valence-corrected chi connectivity index (χ1v) is 7.07. The van der Waals surface area contributed by atoms with E-state index in [1.807, 2.05) is 0 Å². The Morgan fingerprint density at radius 2 is 1.88 bits per heavy atom. The van der Waals surface area contributed by atoms with E-state index in [1.54, 1.807) is 0 Å². The van der Waals surface area contributed by atoms with Gasteiger partial charge in [-0.25, -0.2) is 0 Å². The largest absolute Gasteiger partial charge is 0.369 e. The minimum absolute atomic E-state index is 0.374. The summed E-state index contributed by atoms with van der Waals surface area (Å²) < 4.78 is 1.22. The molecule has 1 aliphatic heterocycles. The molecule has 1 aromatic rings. The number of rotatable bonds is 1. The molecule has 1 aliphatic rings.